The van der Waals surface area contributed by atoms with Gasteiger partial charge in [0.1, 0.15) is 0 Å². The number of aliphatic hydroxyl groups excluding tert-OH is 1. The molecule has 2 aliphatic carbocycles. The van der Waals surface area contributed by atoms with Crippen molar-refractivity contribution < 1.29 is 5.11 Å². The maximum absolute atomic E-state index is 8.72. The van der Waals surface area contributed by atoms with Gasteiger partial charge in [-0.15, -0.1) is 12.4 Å². The van der Waals surface area contributed by atoms with Crippen molar-refractivity contribution in [2.24, 2.45) is 11.1 Å². The van der Waals surface area contributed by atoms with Crippen LogP contribution < -0.4 is 5.73 Å². The summed E-state index contributed by atoms with van der Waals surface area (Å²) in [6.07, 6.45) is 3.57. The van der Waals surface area contributed by atoms with Gasteiger partial charge in [-0.05, 0) is 24.7 Å². The quantitative estimate of drug-likeness (QED) is 0.563. The summed E-state index contributed by atoms with van der Waals surface area (Å²) in [4.78, 5) is 0. The second kappa shape index (κ2) is 1.62. The molecule has 1 spiro atoms. The molecule has 0 heterocycles. The molecule has 2 fully saturated rings. The Morgan fingerprint density at radius 1 is 1.44 bits per heavy atom. The van der Waals surface area contributed by atoms with Crippen LogP contribution in [0.15, 0.2) is 0 Å². The van der Waals surface area contributed by atoms with E-state index in [0.29, 0.717) is 5.41 Å². The van der Waals surface area contributed by atoms with Crippen molar-refractivity contribution in [2.45, 2.75) is 24.8 Å². The Kier molecular flexibility index (Phi) is 1.32. The normalized spacial score (nSPS) is 42.0. The van der Waals surface area contributed by atoms with Gasteiger partial charge >= 0.3 is 0 Å². The topological polar surface area (TPSA) is 46.2 Å². The van der Waals surface area contributed by atoms with Gasteiger partial charge in [0.25, 0.3) is 0 Å². The van der Waals surface area contributed by atoms with E-state index in [2.05, 4.69) is 0 Å². The molecule has 0 bridgehead atoms. The lowest BCUT2D eigenvalue weighted by molar-refractivity contribution is 0.244. The molecule has 0 aromatic carbocycles. The largest absolute Gasteiger partial charge is 0.394 e. The minimum atomic E-state index is -0.146. The average Bonchev–Trinajstić information content (AvgIpc) is 2.57. The molecule has 0 aromatic rings. The zero-order valence-corrected chi connectivity index (χ0v) is 6.08. The third-order valence-electron chi connectivity index (χ3n) is 2.72. The predicted octanol–water partition coefficient (Wildman–Crippen LogP) is 0.282. The molecule has 0 amide bonds. The van der Waals surface area contributed by atoms with Crippen molar-refractivity contribution in [3.8, 4) is 0 Å². The molecule has 2 saturated carbocycles. The van der Waals surface area contributed by atoms with Crippen LogP contribution >= 0.6 is 12.4 Å². The summed E-state index contributed by atoms with van der Waals surface area (Å²) in [5.74, 6) is 0. The van der Waals surface area contributed by atoms with E-state index < -0.39 is 0 Å². The second-order valence-electron chi connectivity index (χ2n) is 3.27. The molecule has 1 atom stereocenters. The Balaban J connectivity index is 0.000000405. The molecule has 2 aliphatic rings. The van der Waals surface area contributed by atoms with Crippen molar-refractivity contribution in [2.75, 3.05) is 6.61 Å². The molecule has 0 radical (unpaired) electrons. The fourth-order valence-electron chi connectivity index (χ4n) is 1.61. The van der Waals surface area contributed by atoms with Gasteiger partial charge in [0.15, 0.2) is 0 Å². The molecule has 54 valence electrons. The van der Waals surface area contributed by atoms with Crippen LogP contribution in [0.4, 0.5) is 0 Å². The third-order valence-corrected chi connectivity index (χ3v) is 2.72. The highest BCUT2D eigenvalue weighted by Gasteiger charge is 2.71. The molecule has 0 aliphatic heterocycles. The van der Waals surface area contributed by atoms with Gasteiger partial charge in [0, 0.05) is 5.54 Å². The molecule has 3 N–H and O–H groups in total. The monoisotopic (exact) mass is 149 g/mol. The van der Waals surface area contributed by atoms with Gasteiger partial charge < -0.3 is 10.8 Å². The van der Waals surface area contributed by atoms with Crippen LogP contribution in [0.1, 0.15) is 19.3 Å². The lowest BCUT2D eigenvalue weighted by Gasteiger charge is -2.02. The summed E-state index contributed by atoms with van der Waals surface area (Å²) in [6, 6.07) is 0. The van der Waals surface area contributed by atoms with Crippen LogP contribution in [0.25, 0.3) is 0 Å². The van der Waals surface area contributed by atoms with E-state index in [1.165, 1.54) is 12.8 Å². The van der Waals surface area contributed by atoms with Crippen LogP contribution in [0.5, 0.6) is 0 Å². The minimum Gasteiger partial charge on any atom is -0.394 e. The van der Waals surface area contributed by atoms with E-state index in [4.69, 9.17) is 10.8 Å². The number of aliphatic hydroxyl groups is 1. The molecule has 1 unspecified atom stereocenters. The highest BCUT2D eigenvalue weighted by atomic mass is 35.5. The van der Waals surface area contributed by atoms with Crippen LogP contribution in [-0.2, 0) is 0 Å². The third kappa shape index (κ3) is 0.704. The van der Waals surface area contributed by atoms with Crippen molar-refractivity contribution in [1.29, 1.82) is 0 Å². The van der Waals surface area contributed by atoms with Gasteiger partial charge in [0.05, 0.1) is 6.61 Å². The lowest BCUT2D eigenvalue weighted by Crippen LogP contribution is -2.29. The average molecular weight is 150 g/mol. The molecular weight excluding hydrogens is 138 g/mol. The van der Waals surface area contributed by atoms with Gasteiger partial charge in [-0.2, -0.15) is 0 Å². The molecule has 0 saturated heterocycles. The fraction of sp³-hybridized carbons (Fsp3) is 1.00. The van der Waals surface area contributed by atoms with E-state index >= 15 is 0 Å². The zero-order chi connectivity index (χ0) is 5.83. The van der Waals surface area contributed by atoms with Crippen LogP contribution in [0.3, 0.4) is 0 Å². The van der Waals surface area contributed by atoms with E-state index in [1.54, 1.807) is 0 Å². The molecule has 2 rings (SSSR count). The van der Waals surface area contributed by atoms with E-state index in [0.717, 1.165) is 6.42 Å². The lowest BCUT2D eigenvalue weighted by atomic mass is 10.2. The Bertz CT molecular complexity index is 135. The zero-order valence-electron chi connectivity index (χ0n) is 5.26. The number of halogens is 1. The molecular formula is C6H12ClNO. The highest BCUT2D eigenvalue weighted by molar-refractivity contribution is 5.85. The summed E-state index contributed by atoms with van der Waals surface area (Å²) < 4.78 is 0. The maximum Gasteiger partial charge on any atom is 0.0616 e. The van der Waals surface area contributed by atoms with Gasteiger partial charge in [0.2, 0.25) is 0 Å². The van der Waals surface area contributed by atoms with Crippen molar-refractivity contribution in [1.82, 2.24) is 0 Å². The summed E-state index contributed by atoms with van der Waals surface area (Å²) in [5.41, 5.74) is 6.02. The Morgan fingerprint density at radius 2 is 2.00 bits per heavy atom. The maximum atomic E-state index is 8.72. The van der Waals surface area contributed by atoms with Gasteiger partial charge in [-0.3, -0.25) is 0 Å². The first-order valence-corrected chi connectivity index (χ1v) is 3.12. The summed E-state index contributed by atoms with van der Waals surface area (Å²) >= 11 is 0. The van der Waals surface area contributed by atoms with Gasteiger partial charge in [-0.1, -0.05) is 0 Å². The van der Waals surface area contributed by atoms with E-state index in [1.807, 2.05) is 0 Å². The first kappa shape index (κ1) is 7.32. The highest BCUT2D eigenvalue weighted by Crippen LogP contribution is 2.71. The number of hydrogen-bond donors (Lipinski definition) is 2. The number of nitrogens with two attached hydrogens (primary N) is 1. The molecule has 9 heavy (non-hydrogen) atoms. The van der Waals surface area contributed by atoms with Crippen molar-refractivity contribution >= 4 is 12.4 Å². The number of rotatable bonds is 1. The predicted molar refractivity (Wildman–Crippen MR) is 37.5 cm³/mol. The van der Waals surface area contributed by atoms with Gasteiger partial charge in [-0.25, -0.2) is 0 Å². The molecule has 3 heteroatoms. The Morgan fingerprint density at radius 3 is 2.11 bits per heavy atom. The summed E-state index contributed by atoms with van der Waals surface area (Å²) in [7, 11) is 0. The number of hydrogen-bond acceptors (Lipinski definition) is 2. The van der Waals surface area contributed by atoms with Crippen LogP contribution in [0, 0.1) is 5.41 Å². The van der Waals surface area contributed by atoms with E-state index in [-0.39, 0.29) is 24.6 Å². The molecule has 0 aromatic heterocycles. The standard InChI is InChI=1S/C6H11NO.ClH/c7-6(4-8)3-5(6)1-2-5;/h8H,1-4,7H2;1H. The summed E-state index contributed by atoms with van der Waals surface area (Å²) in [5, 5.41) is 8.72. The fourth-order valence-corrected chi connectivity index (χ4v) is 1.61. The van der Waals surface area contributed by atoms with E-state index in [9.17, 15) is 0 Å². The van der Waals surface area contributed by atoms with Crippen molar-refractivity contribution in [3.05, 3.63) is 0 Å². The Labute approximate surface area is 60.8 Å². The first-order valence-electron chi connectivity index (χ1n) is 3.12. The second-order valence-corrected chi connectivity index (χ2v) is 3.27. The SMILES string of the molecule is Cl.NC1(CO)CC12CC2. The minimum absolute atomic E-state index is 0. The smallest absolute Gasteiger partial charge is 0.0616 e. The van der Waals surface area contributed by atoms with Crippen molar-refractivity contribution in [3.63, 3.8) is 0 Å². The van der Waals surface area contributed by atoms with Crippen LogP contribution in [-0.4, -0.2) is 17.3 Å². The summed E-state index contributed by atoms with van der Waals surface area (Å²) in [6.45, 7) is 0.188. The van der Waals surface area contributed by atoms with Crippen LogP contribution in [0.2, 0.25) is 0 Å². The first-order chi connectivity index (χ1) is 3.72. The molecule has 2 nitrogen and oxygen atoms in total. The Hall–Kier alpha value is 0.210.